The van der Waals surface area contributed by atoms with Crippen LogP contribution in [0.25, 0.3) is 6.08 Å². The van der Waals surface area contributed by atoms with Crippen molar-refractivity contribution in [1.82, 2.24) is 10.2 Å². The second kappa shape index (κ2) is 12.7. The molecule has 1 saturated heterocycles. The number of hydrogen-bond acceptors (Lipinski definition) is 4. The fourth-order valence-corrected chi connectivity index (χ4v) is 3.92. The summed E-state index contributed by atoms with van der Waals surface area (Å²) in [6.45, 7) is 6.82. The van der Waals surface area contributed by atoms with Crippen molar-refractivity contribution < 1.29 is 19.1 Å². The molecule has 0 radical (unpaired) electrons. The second-order valence-corrected chi connectivity index (χ2v) is 8.03. The third-order valence-electron chi connectivity index (χ3n) is 5.72. The number of amides is 2. The smallest absolute Gasteiger partial charge is 0.246 e. The second-order valence-electron chi connectivity index (χ2n) is 8.03. The molecule has 1 heterocycles. The maximum atomic E-state index is 12.6. The lowest BCUT2D eigenvalue weighted by Crippen LogP contribution is -2.42. The fourth-order valence-electron chi connectivity index (χ4n) is 3.92. The summed E-state index contributed by atoms with van der Waals surface area (Å²) in [4.78, 5) is 26.9. The molecule has 0 atom stereocenters. The number of ether oxygens (including phenoxy) is 2. The van der Waals surface area contributed by atoms with Crippen LogP contribution in [-0.4, -0.2) is 49.6 Å². The first-order valence-electron chi connectivity index (χ1n) is 11.8. The van der Waals surface area contributed by atoms with E-state index in [0.29, 0.717) is 45.7 Å². The number of nitrogens with zero attached hydrogens (tertiary/aromatic N) is 1. The van der Waals surface area contributed by atoms with Gasteiger partial charge in [0, 0.05) is 31.6 Å². The fraction of sp³-hybridized carbons (Fsp3) is 0.407. The van der Waals surface area contributed by atoms with E-state index < -0.39 is 0 Å². The summed E-state index contributed by atoms with van der Waals surface area (Å²) < 4.78 is 11.3. The normalized spacial score (nSPS) is 14.3. The molecule has 0 bridgehead atoms. The third-order valence-corrected chi connectivity index (χ3v) is 5.72. The van der Waals surface area contributed by atoms with Crippen molar-refractivity contribution in [1.29, 1.82) is 0 Å². The Morgan fingerprint density at radius 3 is 2.39 bits per heavy atom. The molecule has 1 N–H and O–H groups in total. The largest absolute Gasteiger partial charge is 0.490 e. The number of hydrogen-bond donors (Lipinski definition) is 1. The minimum Gasteiger partial charge on any atom is -0.490 e. The molecule has 1 aliphatic heterocycles. The maximum Gasteiger partial charge on any atom is 0.246 e. The summed E-state index contributed by atoms with van der Waals surface area (Å²) in [5.74, 6) is 1.50. The zero-order valence-electron chi connectivity index (χ0n) is 19.6. The first kappa shape index (κ1) is 24.4. The van der Waals surface area contributed by atoms with Gasteiger partial charge < -0.3 is 19.7 Å². The zero-order chi connectivity index (χ0) is 23.5. The van der Waals surface area contributed by atoms with Gasteiger partial charge in [0.25, 0.3) is 0 Å². The van der Waals surface area contributed by atoms with Gasteiger partial charge in [0.1, 0.15) is 0 Å². The van der Waals surface area contributed by atoms with E-state index in [1.807, 2.05) is 73.4 Å². The SMILES string of the molecule is CCOc1ccc(CCNC(=O)C2CCN(C(=O)/C=C/c3ccccc3)CC2)cc1OCC. The summed E-state index contributed by atoms with van der Waals surface area (Å²) in [7, 11) is 0. The number of rotatable bonds is 10. The Bertz CT molecular complexity index is 934. The van der Waals surface area contributed by atoms with E-state index in [1.54, 1.807) is 6.08 Å². The van der Waals surface area contributed by atoms with Gasteiger partial charge in [0.2, 0.25) is 11.8 Å². The van der Waals surface area contributed by atoms with Crippen molar-refractivity contribution in [2.75, 3.05) is 32.8 Å². The van der Waals surface area contributed by atoms with Gasteiger partial charge in [-0.25, -0.2) is 0 Å². The lowest BCUT2D eigenvalue weighted by atomic mass is 9.95. The lowest BCUT2D eigenvalue weighted by Gasteiger charge is -2.30. The van der Waals surface area contributed by atoms with Crippen LogP contribution in [-0.2, 0) is 16.0 Å². The van der Waals surface area contributed by atoms with Crippen LogP contribution in [0.5, 0.6) is 11.5 Å². The first-order chi connectivity index (χ1) is 16.1. The minimum atomic E-state index is -0.0496. The van der Waals surface area contributed by atoms with Crippen LogP contribution in [0, 0.1) is 5.92 Å². The van der Waals surface area contributed by atoms with E-state index in [9.17, 15) is 9.59 Å². The highest BCUT2D eigenvalue weighted by molar-refractivity contribution is 5.92. The Morgan fingerprint density at radius 2 is 1.70 bits per heavy atom. The van der Waals surface area contributed by atoms with Crippen molar-refractivity contribution in [2.24, 2.45) is 5.92 Å². The Kier molecular flexibility index (Phi) is 9.36. The standard InChI is InChI=1S/C27H34N2O4/c1-3-32-24-12-10-22(20-25(24)33-4-2)14-17-28-27(31)23-15-18-29(19-16-23)26(30)13-11-21-8-6-5-7-9-21/h5-13,20,23H,3-4,14-19H2,1-2H3,(H,28,31)/b13-11+. The highest BCUT2D eigenvalue weighted by Gasteiger charge is 2.26. The van der Waals surface area contributed by atoms with E-state index in [0.717, 1.165) is 29.0 Å². The van der Waals surface area contributed by atoms with E-state index in [4.69, 9.17) is 9.47 Å². The molecule has 3 rings (SSSR count). The van der Waals surface area contributed by atoms with E-state index in [2.05, 4.69) is 5.32 Å². The summed E-state index contributed by atoms with van der Waals surface area (Å²) >= 11 is 0. The van der Waals surface area contributed by atoms with E-state index in [-0.39, 0.29) is 17.7 Å². The molecule has 1 aliphatic rings. The van der Waals surface area contributed by atoms with Crippen molar-refractivity contribution >= 4 is 17.9 Å². The van der Waals surface area contributed by atoms with Gasteiger partial charge in [-0.15, -0.1) is 0 Å². The molecule has 2 aromatic rings. The van der Waals surface area contributed by atoms with Gasteiger partial charge >= 0.3 is 0 Å². The van der Waals surface area contributed by atoms with Crippen LogP contribution in [0.15, 0.2) is 54.6 Å². The summed E-state index contributed by atoms with van der Waals surface area (Å²) in [6.07, 6.45) is 5.55. The molecule has 2 amide bonds. The van der Waals surface area contributed by atoms with Gasteiger partial charge in [0.15, 0.2) is 11.5 Å². The predicted octanol–water partition coefficient (Wildman–Crippen LogP) is 4.09. The Morgan fingerprint density at radius 1 is 1.00 bits per heavy atom. The van der Waals surface area contributed by atoms with Crippen LogP contribution < -0.4 is 14.8 Å². The average Bonchev–Trinajstić information content (AvgIpc) is 2.85. The van der Waals surface area contributed by atoms with Gasteiger partial charge in [-0.1, -0.05) is 36.4 Å². The average molecular weight is 451 g/mol. The molecular weight excluding hydrogens is 416 g/mol. The van der Waals surface area contributed by atoms with Gasteiger partial charge in [-0.2, -0.15) is 0 Å². The van der Waals surface area contributed by atoms with Crippen molar-refractivity contribution in [3.8, 4) is 11.5 Å². The Hall–Kier alpha value is -3.28. The number of nitrogens with one attached hydrogen (secondary N) is 1. The molecule has 0 aliphatic carbocycles. The molecular formula is C27H34N2O4. The van der Waals surface area contributed by atoms with E-state index in [1.165, 1.54) is 0 Å². The molecule has 176 valence electrons. The van der Waals surface area contributed by atoms with E-state index >= 15 is 0 Å². The van der Waals surface area contributed by atoms with Gasteiger partial charge in [-0.3, -0.25) is 9.59 Å². The maximum absolute atomic E-state index is 12.6. The monoisotopic (exact) mass is 450 g/mol. The molecule has 6 heteroatoms. The summed E-state index contributed by atoms with van der Waals surface area (Å²) in [6, 6.07) is 15.7. The van der Waals surface area contributed by atoms with Crippen LogP contribution in [0.1, 0.15) is 37.8 Å². The number of carbonyl (C=O) groups is 2. The van der Waals surface area contributed by atoms with Gasteiger partial charge in [-0.05, 0) is 62.4 Å². The molecule has 0 spiro atoms. The van der Waals surface area contributed by atoms with Crippen LogP contribution in [0.4, 0.5) is 0 Å². The predicted molar refractivity (Wildman–Crippen MR) is 130 cm³/mol. The Labute approximate surface area is 196 Å². The molecule has 33 heavy (non-hydrogen) atoms. The summed E-state index contributed by atoms with van der Waals surface area (Å²) in [5, 5.41) is 3.05. The highest BCUT2D eigenvalue weighted by Crippen LogP contribution is 2.28. The van der Waals surface area contributed by atoms with Gasteiger partial charge in [0.05, 0.1) is 13.2 Å². The molecule has 6 nitrogen and oxygen atoms in total. The first-order valence-corrected chi connectivity index (χ1v) is 11.8. The van der Waals surface area contributed by atoms with Crippen molar-refractivity contribution in [3.05, 3.63) is 65.7 Å². The number of carbonyl (C=O) groups excluding carboxylic acids is 2. The lowest BCUT2D eigenvalue weighted by molar-refractivity contribution is -0.132. The number of likely N-dealkylation sites (tertiary alicyclic amines) is 1. The molecule has 2 aromatic carbocycles. The Balaban J connectivity index is 1.42. The van der Waals surface area contributed by atoms with Crippen LogP contribution in [0.2, 0.25) is 0 Å². The van der Waals surface area contributed by atoms with Crippen LogP contribution >= 0.6 is 0 Å². The quantitative estimate of drug-likeness (QED) is 0.554. The zero-order valence-corrected chi connectivity index (χ0v) is 19.6. The molecule has 0 saturated carbocycles. The highest BCUT2D eigenvalue weighted by atomic mass is 16.5. The van der Waals surface area contributed by atoms with Crippen molar-refractivity contribution in [3.63, 3.8) is 0 Å². The summed E-state index contributed by atoms with van der Waals surface area (Å²) in [5.41, 5.74) is 2.09. The molecule has 0 aromatic heterocycles. The van der Waals surface area contributed by atoms with Crippen LogP contribution in [0.3, 0.4) is 0 Å². The van der Waals surface area contributed by atoms with Crippen molar-refractivity contribution in [2.45, 2.75) is 33.1 Å². The third kappa shape index (κ3) is 7.38. The number of benzene rings is 2. The topological polar surface area (TPSA) is 67.9 Å². The molecule has 0 unspecified atom stereocenters. The minimum absolute atomic E-state index is 0.00156. The number of piperidine rings is 1. The molecule has 1 fully saturated rings.